The molecule has 0 atom stereocenters. The van der Waals surface area contributed by atoms with Crippen LogP contribution in [0.5, 0.6) is 0 Å². The van der Waals surface area contributed by atoms with E-state index in [1.54, 1.807) is 18.2 Å². The highest BCUT2D eigenvalue weighted by Crippen LogP contribution is 2.23. The first-order chi connectivity index (χ1) is 8.61. The Balaban J connectivity index is 2.23. The topological polar surface area (TPSA) is 81.6 Å². The van der Waals surface area contributed by atoms with Gasteiger partial charge in [-0.25, -0.2) is 0 Å². The number of hydrogen-bond donors (Lipinski definition) is 2. The molecule has 0 aliphatic carbocycles. The van der Waals surface area contributed by atoms with Crippen LogP contribution in [-0.4, -0.2) is 16.1 Å². The molecule has 0 spiro atoms. The molecule has 0 aliphatic rings. The lowest BCUT2D eigenvalue weighted by Crippen LogP contribution is -2.13. The Labute approximate surface area is 116 Å². The SMILES string of the molecule is N#Cc1cn[nH]c1NC(=O)c1ccc(Cl)c(Br)c1. The van der Waals surface area contributed by atoms with Gasteiger partial charge in [0.15, 0.2) is 0 Å². The summed E-state index contributed by atoms with van der Waals surface area (Å²) in [7, 11) is 0. The number of H-pyrrole nitrogens is 1. The third-order valence-electron chi connectivity index (χ3n) is 2.18. The van der Waals surface area contributed by atoms with E-state index in [-0.39, 0.29) is 17.3 Å². The van der Waals surface area contributed by atoms with Gasteiger partial charge in [0.25, 0.3) is 5.91 Å². The number of halogens is 2. The summed E-state index contributed by atoms with van der Waals surface area (Å²) in [4.78, 5) is 11.9. The third kappa shape index (κ3) is 2.53. The summed E-state index contributed by atoms with van der Waals surface area (Å²) >= 11 is 9.07. The van der Waals surface area contributed by atoms with E-state index in [1.807, 2.05) is 6.07 Å². The number of benzene rings is 1. The summed E-state index contributed by atoms with van der Waals surface area (Å²) < 4.78 is 0.627. The minimum Gasteiger partial charge on any atom is -0.306 e. The van der Waals surface area contributed by atoms with Gasteiger partial charge < -0.3 is 5.32 Å². The molecule has 0 fully saturated rings. The Morgan fingerprint density at radius 2 is 2.33 bits per heavy atom. The van der Waals surface area contributed by atoms with E-state index in [4.69, 9.17) is 16.9 Å². The molecule has 2 N–H and O–H groups in total. The predicted molar refractivity (Wildman–Crippen MR) is 70.4 cm³/mol. The van der Waals surface area contributed by atoms with Crippen molar-refractivity contribution in [3.8, 4) is 6.07 Å². The fourth-order valence-corrected chi connectivity index (χ4v) is 1.79. The van der Waals surface area contributed by atoms with Crippen molar-refractivity contribution in [2.45, 2.75) is 0 Å². The Bertz CT molecular complexity index is 647. The lowest BCUT2D eigenvalue weighted by atomic mass is 10.2. The van der Waals surface area contributed by atoms with E-state index in [0.717, 1.165) is 0 Å². The lowest BCUT2D eigenvalue weighted by molar-refractivity contribution is 0.102. The summed E-state index contributed by atoms with van der Waals surface area (Å²) in [5, 5.41) is 18.1. The number of nitriles is 1. The molecule has 0 radical (unpaired) electrons. The molecule has 0 aliphatic heterocycles. The molecule has 0 saturated carbocycles. The number of carbonyl (C=O) groups is 1. The number of rotatable bonds is 2. The first-order valence-corrected chi connectivity index (χ1v) is 5.99. The number of amides is 1. The predicted octanol–water partition coefficient (Wildman–Crippen LogP) is 2.95. The number of aromatic amines is 1. The van der Waals surface area contributed by atoms with Gasteiger partial charge in [-0.05, 0) is 34.1 Å². The smallest absolute Gasteiger partial charge is 0.256 e. The van der Waals surface area contributed by atoms with Crippen LogP contribution in [0.15, 0.2) is 28.9 Å². The van der Waals surface area contributed by atoms with E-state index in [2.05, 4.69) is 31.4 Å². The van der Waals surface area contributed by atoms with Crippen molar-refractivity contribution < 1.29 is 4.79 Å². The monoisotopic (exact) mass is 324 g/mol. The number of carbonyl (C=O) groups excluding carboxylic acids is 1. The molecule has 18 heavy (non-hydrogen) atoms. The van der Waals surface area contributed by atoms with E-state index in [9.17, 15) is 4.79 Å². The lowest BCUT2D eigenvalue weighted by Gasteiger charge is -2.04. The largest absolute Gasteiger partial charge is 0.306 e. The van der Waals surface area contributed by atoms with Gasteiger partial charge >= 0.3 is 0 Å². The zero-order chi connectivity index (χ0) is 13.1. The summed E-state index contributed by atoms with van der Waals surface area (Å²) in [6.45, 7) is 0. The molecule has 0 bridgehead atoms. The van der Waals surface area contributed by atoms with Crippen LogP contribution in [0.2, 0.25) is 5.02 Å². The number of nitrogens with one attached hydrogen (secondary N) is 2. The second-order valence-electron chi connectivity index (χ2n) is 3.35. The summed E-state index contributed by atoms with van der Waals surface area (Å²) in [6.07, 6.45) is 1.34. The molecule has 1 amide bonds. The van der Waals surface area contributed by atoms with Crippen LogP contribution in [-0.2, 0) is 0 Å². The molecule has 90 valence electrons. The fourth-order valence-electron chi connectivity index (χ4n) is 1.29. The molecule has 0 saturated heterocycles. The first kappa shape index (κ1) is 12.6. The van der Waals surface area contributed by atoms with E-state index >= 15 is 0 Å². The van der Waals surface area contributed by atoms with Crippen LogP contribution in [0.4, 0.5) is 5.82 Å². The first-order valence-electron chi connectivity index (χ1n) is 4.81. The third-order valence-corrected chi connectivity index (χ3v) is 3.39. The van der Waals surface area contributed by atoms with E-state index in [0.29, 0.717) is 15.1 Å². The van der Waals surface area contributed by atoms with Crippen molar-refractivity contribution in [3.05, 3.63) is 45.0 Å². The molecule has 1 aromatic heterocycles. The minimum atomic E-state index is -0.354. The van der Waals surface area contributed by atoms with Gasteiger partial charge in [0.05, 0.1) is 11.2 Å². The maximum absolute atomic E-state index is 11.9. The summed E-state index contributed by atoms with van der Waals surface area (Å²) in [6, 6.07) is 6.71. The molecule has 1 heterocycles. The van der Waals surface area contributed by atoms with Crippen LogP contribution in [0.3, 0.4) is 0 Å². The molecule has 7 heteroatoms. The van der Waals surface area contributed by atoms with Crippen molar-refractivity contribution in [2.75, 3.05) is 5.32 Å². The van der Waals surface area contributed by atoms with Crippen molar-refractivity contribution in [2.24, 2.45) is 0 Å². The molecule has 0 unspecified atom stereocenters. The fraction of sp³-hybridized carbons (Fsp3) is 0. The van der Waals surface area contributed by atoms with Gasteiger partial charge in [-0.3, -0.25) is 9.89 Å². The van der Waals surface area contributed by atoms with Gasteiger partial charge in [0, 0.05) is 10.0 Å². The number of aromatic nitrogens is 2. The van der Waals surface area contributed by atoms with Gasteiger partial charge in [-0.2, -0.15) is 10.4 Å². The maximum Gasteiger partial charge on any atom is 0.256 e. The van der Waals surface area contributed by atoms with E-state index < -0.39 is 0 Å². The van der Waals surface area contributed by atoms with Gasteiger partial charge in [0.2, 0.25) is 0 Å². The second kappa shape index (κ2) is 5.21. The maximum atomic E-state index is 11.9. The number of anilines is 1. The van der Waals surface area contributed by atoms with Crippen molar-refractivity contribution in [1.29, 1.82) is 5.26 Å². The average Bonchev–Trinajstić information content (AvgIpc) is 2.79. The highest BCUT2D eigenvalue weighted by molar-refractivity contribution is 9.10. The zero-order valence-electron chi connectivity index (χ0n) is 8.87. The normalized spacial score (nSPS) is 9.83. The Hall–Kier alpha value is -1.84. The average molecular weight is 326 g/mol. The van der Waals surface area contributed by atoms with Crippen LogP contribution < -0.4 is 5.32 Å². The zero-order valence-corrected chi connectivity index (χ0v) is 11.2. The molecule has 1 aromatic carbocycles. The van der Waals surface area contributed by atoms with Crippen LogP contribution in [0.25, 0.3) is 0 Å². The van der Waals surface area contributed by atoms with Gasteiger partial charge in [-0.15, -0.1) is 0 Å². The standard InChI is InChI=1S/C11H6BrClN4O/c12-8-3-6(1-2-9(8)13)11(18)16-10-7(4-14)5-15-17-10/h1-3,5H,(H2,15,16,17,18). The van der Waals surface area contributed by atoms with Crippen molar-refractivity contribution in [1.82, 2.24) is 10.2 Å². The Morgan fingerprint density at radius 1 is 1.56 bits per heavy atom. The second-order valence-corrected chi connectivity index (χ2v) is 4.62. The van der Waals surface area contributed by atoms with Crippen LogP contribution in [0.1, 0.15) is 15.9 Å². The Morgan fingerprint density at radius 3 is 3.00 bits per heavy atom. The summed E-state index contributed by atoms with van der Waals surface area (Å²) in [5.41, 5.74) is 0.696. The quantitative estimate of drug-likeness (QED) is 0.890. The molecular formula is C11H6BrClN4O. The molecule has 2 aromatic rings. The Kier molecular flexibility index (Phi) is 3.65. The van der Waals surface area contributed by atoms with Crippen LogP contribution in [0, 0.1) is 11.3 Å². The minimum absolute atomic E-state index is 0.272. The molecular weight excluding hydrogens is 320 g/mol. The molecule has 5 nitrogen and oxygen atoms in total. The highest BCUT2D eigenvalue weighted by atomic mass is 79.9. The van der Waals surface area contributed by atoms with Gasteiger partial charge in [-0.1, -0.05) is 11.6 Å². The van der Waals surface area contributed by atoms with Crippen LogP contribution >= 0.6 is 27.5 Å². The molecule has 2 rings (SSSR count). The highest BCUT2D eigenvalue weighted by Gasteiger charge is 2.11. The van der Waals surface area contributed by atoms with Crippen molar-refractivity contribution >= 4 is 39.3 Å². The van der Waals surface area contributed by atoms with E-state index in [1.165, 1.54) is 6.20 Å². The number of nitrogens with zero attached hydrogens (tertiary/aromatic N) is 2. The van der Waals surface area contributed by atoms with Crippen molar-refractivity contribution in [3.63, 3.8) is 0 Å². The number of hydrogen-bond acceptors (Lipinski definition) is 3. The van der Waals surface area contributed by atoms with Gasteiger partial charge in [0.1, 0.15) is 17.5 Å². The summed E-state index contributed by atoms with van der Waals surface area (Å²) in [5.74, 6) is -0.0818.